The van der Waals surface area contributed by atoms with E-state index in [0.717, 1.165) is 107 Å². The molecule has 8 aliphatic carbocycles. The predicted octanol–water partition coefficient (Wildman–Crippen LogP) is 11.1. The van der Waals surface area contributed by atoms with E-state index < -0.39 is 77.9 Å². The molecule has 2 aromatic carbocycles. The summed E-state index contributed by atoms with van der Waals surface area (Å²) in [6, 6.07) is 19.3. The van der Waals surface area contributed by atoms with Crippen LogP contribution in [0.5, 0.6) is 0 Å². The van der Waals surface area contributed by atoms with Crippen LogP contribution in [0.15, 0.2) is 60.7 Å². The number of esters is 2. The Morgan fingerprint density at radius 3 is 1.13 bits per heavy atom. The zero-order valence-electron chi connectivity index (χ0n) is 69.1. The Kier molecular flexibility index (Phi) is 43.8. The Morgan fingerprint density at radius 2 is 0.823 bits per heavy atom. The maximum atomic E-state index is 13.9. The molecular formula is C83H128B8BrF4NaO12S4. The van der Waals surface area contributed by atoms with E-state index >= 15 is 0 Å². The number of carbonyl (C=O) groups is 4. The number of carbonyl (C=O) groups excluding carboxylic acids is 4. The van der Waals surface area contributed by atoms with Gasteiger partial charge in [0, 0.05) is 69.0 Å². The van der Waals surface area contributed by atoms with Crippen LogP contribution in [0, 0.1) is 105 Å². The Bertz CT molecular complexity index is 2960. The number of ketones is 2. The summed E-state index contributed by atoms with van der Waals surface area (Å²) in [6.07, 6.45) is 30.1. The smallest absolute Gasteiger partial charge is 1.00 e. The first kappa shape index (κ1) is 103. The molecule has 12 rings (SSSR count). The van der Waals surface area contributed by atoms with Gasteiger partial charge >= 0.3 is 52.0 Å². The minimum atomic E-state index is -3.97. The summed E-state index contributed by atoms with van der Waals surface area (Å²) in [6.45, 7) is 24.4. The van der Waals surface area contributed by atoms with E-state index in [-0.39, 0.29) is 64.8 Å². The van der Waals surface area contributed by atoms with Crippen molar-refractivity contribution in [2.24, 2.45) is 105 Å². The molecule has 113 heavy (non-hydrogen) atoms. The number of alkyl halides is 4. The number of hydrogen-bond acceptors (Lipinski definition) is 14. The molecule has 2 heterocycles. The van der Waals surface area contributed by atoms with E-state index in [2.05, 4.69) is 88.0 Å². The molecular weight excluding hydrogens is 1580 g/mol. The van der Waals surface area contributed by atoms with Gasteiger partial charge in [-0.25, -0.2) is 9.59 Å². The number of benzene rings is 2. The second-order valence-electron chi connectivity index (χ2n) is 36.5. The van der Waals surface area contributed by atoms with Gasteiger partial charge in [-0.15, -0.1) is 0 Å². The first-order chi connectivity index (χ1) is 52.1. The van der Waals surface area contributed by atoms with Crippen molar-refractivity contribution in [3.8, 4) is 0 Å². The van der Waals surface area contributed by atoms with Crippen LogP contribution in [0.25, 0.3) is 0 Å². The van der Waals surface area contributed by atoms with E-state index in [1.807, 2.05) is 60.7 Å². The van der Waals surface area contributed by atoms with Crippen molar-refractivity contribution in [1.82, 2.24) is 0 Å². The summed E-state index contributed by atoms with van der Waals surface area (Å²) in [5.41, 5.74) is 3.04. The normalized spacial score (nSPS) is 31.4. The van der Waals surface area contributed by atoms with Crippen molar-refractivity contribution in [3.63, 3.8) is 0 Å². The third kappa shape index (κ3) is 27.8. The number of hydrogen-bond donors (Lipinski definition) is 0. The van der Waals surface area contributed by atoms with Crippen LogP contribution in [0.3, 0.4) is 0 Å². The minimum absolute atomic E-state index is 0. The molecule has 0 bridgehead atoms. The van der Waals surface area contributed by atoms with Crippen molar-refractivity contribution in [1.29, 1.82) is 0 Å². The molecule has 0 N–H and O–H groups in total. The van der Waals surface area contributed by atoms with E-state index in [1.165, 1.54) is 151 Å². The van der Waals surface area contributed by atoms with E-state index in [1.54, 1.807) is 0 Å². The summed E-state index contributed by atoms with van der Waals surface area (Å²) in [4.78, 5) is 47.7. The molecule has 0 amide bonds. The fourth-order valence-corrected chi connectivity index (χ4v) is 28.1. The Morgan fingerprint density at radius 1 is 0.496 bits per heavy atom. The zero-order chi connectivity index (χ0) is 80.4. The summed E-state index contributed by atoms with van der Waals surface area (Å²) < 4.78 is 73.3. The summed E-state index contributed by atoms with van der Waals surface area (Å²) in [5.74, 6) is 14.1. The average Bonchev–Trinajstić information content (AvgIpc) is 1.68. The molecule has 12 nitrogen and oxygen atoms in total. The van der Waals surface area contributed by atoms with Gasteiger partial charge < -0.3 is 37.0 Å². The van der Waals surface area contributed by atoms with Crippen LogP contribution in [0.4, 0.5) is 17.6 Å². The van der Waals surface area contributed by atoms with Gasteiger partial charge in [0.15, 0.2) is 11.5 Å². The van der Waals surface area contributed by atoms with Crippen molar-refractivity contribution in [3.05, 3.63) is 71.8 Å². The third-order valence-electron chi connectivity index (χ3n) is 29.0. The fraction of sp³-hybridized carbons (Fsp3) is 0.807. The van der Waals surface area contributed by atoms with Gasteiger partial charge in [-0.1, -0.05) is 176 Å². The van der Waals surface area contributed by atoms with Crippen LogP contribution >= 0.6 is 24.1 Å². The summed E-state index contributed by atoms with van der Waals surface area (Å²) in [7, 11) is 26.6. The van der Waals surface area contributed by atoms with Gasteiger partial charge in [-0.3, -0.25) is 19.7 Å². The van der Waals surface area contributed by atoms with E-state index in [4.69, 9.17) is 48.2 Å². The SMILES string of the molecule is C.CC(C)CCCC(C)C1CCC2C3CCC4CC(OC(=O)C(F)(F)SOO[O-])CCC4(C)C3CCC12C.CC(C)CCCC(C)C1CCC2C3CCC4CC(OC(=O)C(F)(F)SOO[O-])CCC4(C)C3CCC12C.O=C(C[S+]1CCCC1)c1ccccc1.O=C(C[S+]1CCCC1)c1ccccc1.[B]B([B])B([B])B([B])[B].[Br-].[Na+]. The quantitative estimate of drug-likeness (QED) is 0.0115. The van der Waals surface area contributed by atoms with E-state index in [0.29, 0.717) is 93.5 Å². The maximum absolute atomic E-state index is 13.9. The standard InChI is InChI=1S/2C29H48F2O5S.2C12H15OS.CH4.B8.BrH.Na/c2*1-18(2)7-6-8-19(3)23-11-12-24-22-10-9-20-17-21(34-26(32)29(30,31)37-36-35-33)13-15-27(20,4)25(22)14-16-28(23,24)5;2*13-12(10-14-8-4-5-9-14)11-6-2-1-3-7-11;;1-6(2)8(5)7(3)4;;/h2*18-25,33H,6-17H2,1-5H3;2*1-3,6-7H,4-5,8-10H2;1H4;;1H;/q;;2*+1;;;;+1/p-3. The largest absolute Gasteiger partial charge is 1.00 e. The molecule has 18 atom stereocenters. The molecule has 0 spiro atoms. The number of rotatable bonds is 28. The number of Topliss-reactive ketones (excluding diaryl/α,β-unsaturated/α-hetero) is 2. The molecule has 2 aromatic rings. The van der Waals surface area contributed by atoms with Crippen molar-refractivity contribution in [2.75, 3.05) is 34.5 Å². The molecule has 616 valence electrons. The van der Waals surface area contributed by atoms with Gasteiger partial charge in [0.1, 0.15) is 59.3 Å². The maximum Gasteiger partial charge on any atom is 1.00 e. The summed E-state index contributed by atoms with van der Waals surface area (Å²) >= 11 is -1.23. The van der Waals surface area contributed by atoms with Gasteiger partial charge in [0.25, 0.3) is 0 Å². The van der Waals surface area contributed by atoms with Crippen LogP contribution in [0.2, 0.25) is 0 Å². The van der Waals surface area contributed by atoms with Crippen molar-refractivity contribution in [2.45, 2.75) is 279 Å². The van der Waals surface area contributed by atoms with E-state index in [9.17, 15) is 47.3 Å². The predicted molar refractivity (Wildman–Crippen MR) is 452 cm³/mol. The molecule has 2 saturated heterocycles. The van der Waals surface area contributed by atoms with Gasteiger partial charge in [-0.2, -0.15) is 26.2 Å². The number of halogens is 5. The van der Waals surface area contributed by atoms with Gasteiger partial charge in [0.05, 0.1) is 0 Å². The van der Waals surface area contributed by atoms with Gasteiger partial charge in [0.2, 0.25) is 11.6 Å². The molecule has 10 radical (unpaired) electrons. The Balaban J connectivity index is 0.000000277. The molecule has 10 fully saturated rings. The Labute approximate surface area is 733 Å². The van der Waals surface area contributed by atoms with Crippen LogP contribution in [-0.2, 0) is 59.6 Å². The number of ether oxygens (including phenoxy) is 2. The second-order valence-corrected chi connectivity index (χ2v) is 42.8. The van der Waals surface area contributed by atoms with Crippen LogP contribution < -0.4 is 57.1 Å². The van der Waals surface area contributed by atoms with Crippen LogP contribution in [-0.4, -0.2) is 139 Å². The van der Waals surface area contributed by atoms with Crippen LogP contribution in [0.1, 0.15) is 277 Å². The third-order valence-corrected chi connectivity index (χ3v) is 34.8. The topological polar surface area (TPSA) is 170 Å². The summed E-state index contributed by atoms with van der Waals surface area (Å²) in [5, 5.41) is 17.7. The number of fused-ring (bicyclic) bond motifs is 10. The second kappa shape index (κ2) is 48.0. The Hall–Kier alpha value is -0.401. The molecule has 8 saturated carbocycles. The molecule has 2 aliphatic heterocycles. The first-order valence-corrected chi connectivity index (χ1v) is 46.8. The van der Waals surface area contributed by atoms with Crippen molar-refractivity contribution < 1.29 is 122 Å². The fourth-order valence-electron chi connectivity index (χ4n) is 23.1. The van der Waals surface area contributed by atoms with Gasteiger partial charge in [-0.05, 0) is 268 Å². The molecule has 0 aromatic heterocycles. The first-order valence-electron chi connectivity index (χ1n) is 41.8. The molecule has 30 heteroatoms. The monoisotopic (exact) mass is 1710 g/mol. The zero-order valence-corrected chi connectivity index (χ0v) is 75.9. The van der Waals surface area contributed by atoms with Crippen molar-refractivity contribution >= 4 is 127 Å². The average molecular weight is 1710 g/mol. The molecule has 18 unspecified atom stereocenters. The molecule has 10 aliphatic rings. The minimum Gasteiger partial charge on any atom is -1.00 e.